The average Bonchev–Trinajstić information content (AvgIpc) is 2.69. The van der Waals surface area contributed by atoms with Crippen LogP contribution in [0, 0.1) is 0 Å². The number of benzene rings is 2. The number of hydrogen-bond acceptors (Lipinski definition) is 3. The Hall–Kier alpha value is -2.65. The topological polar surface area (TPSA) is 25.4 Å². The van der Waals surface area contributed by atoms with E-state index in [-0.39, 0.29) is 0 Å². The van der Waals surface area contributed by atoms with Crippen LogP contribution in [-0.2, 0) is 4.74 Å². The molecule has 3 aromatic rings. The molecule has 0 amide bonds. The lowest BCUT2D eigenvalue weighted by Gasteiger charge is -2.28. The van der Waals surface area contributed by atoms with Crippen molar-refractivity contribution in [3.05, 3.63) is 72.9 Å². The Labute approximate surface area is 142 Å². The second kappa shape index (κ2) is 6.85. The third-order valence-corrected chi connectivity index (χ3v) is 4.39. The third-order valence-electron chi connectivity index (χ3n) is 4.39. The molecule has 1 aliphatic heterocycles. The molecule has 0 unspecified atom stereocenters. The maximum absolute atomic E-state index is 5.46. The van der Waals surface area contributed by atoms with E-state index in [2.05, 4.69) is 65.6 Å². The average molecular weight is 316 g/mol. The highest BCUT2D eigenvalue weighted by molar-refractivity contribution is 5.84. The maximum Gasteiger partial charge on any atom is 0.129 e. The summed E-state index contributed by atoms with van der Waals surface area (Å²) in [5.74, 6) is 1.02. The molecule has 0 radical (unpaired) electrons. The number of rotatable bonds is 3. The van der Waals surface area contributed by atoms with E-state index in [9.17, 15) is 0 Å². The minimum atomic E-state index is 0.767. The molecule has 1 aromatic heterocycles. The predicted molar refractivity (Wildman–Crippen MR) is 98.1 cm³/mol. The molecule has 2 aromatic carbocycles. The van der Waals surface area contributed by atoms with Gasteiger partial charge in [0.1, 0.15) is 5.82 Å². The normalized spacial score (nSPS) is 14.6. The van der Waals surface area contributed by atoms with E-state index in [1.807, 2.05) is 12.3 Å². The summed E-state index contributed by atoms with van der Waals surface area (Å²) >= 11 is 0. The predicted octanol–water partition coefficient (Wildman–Crippen LogP) is 4.25. The van der Waals surface area contributed by atoms with Crippen molar-refractivity contribution >= 4 is 5.82 Å². The van der Waals surface area contributed by atoms with Gasteiger partial charge in [0.2, 0.25) is 0 Å². The van der Waals surface area contributed by atoms with Gasteiger partial charge in [-0.05, 0) is 22.8 Å². The molecular formula is C21H20N2O. The van der Waals surface area contributed by atoms with Crippen molar-refractivity contribution < 1.29 is 4.74 Å². The van der Waals surface area contributed by atoms with Gasteiger partial charge in [-0.3, -0.25) is 0 Å². The molecule has 0 N–H and O–H groups in total. The Kier molecular flexibility index (Phi) is 4.26. The van der Waals surface area contributed by atoms with Crippen molar-refractivity contribution in [1.29, 1.82) is 0 Å². The third kappa shape index (κ3) is 3.03. The van der Waals surface area contributed by atoms with Crippen LogP contribution in [0.15, 0.2) is 72.9 Å². The highest BCUT2D eigenvalue weighted by Crippen LogP contribution is 2.34. The first-order chi connectivity index (χ1) is 11.9. The van der Waals surface area contributed by atoms with E-state index in [0.29, 0.717) is 0 Å². The summed E-state index contributed by atoms with van der Waals surface area (Å²) in [5.41, 5.74) is 4.79. The maximum atomic E-state index is 5.46. The molecule has 0 saturated carbocycles. The fourth-order valence-electron chi connectivity index (χ4n) is 3.11. The molecule has 0 atom stereocenters. The van der Waals surface area contributed by atoms with Crippen LogP contribution in [0.1, 0.15) is 0 Å². The molecule has 1 saturated heterocycles. The molecule has 0 aliphatic carbocycles. The lowest BCUT2D eigenvalue weighted by atomic mass is 9.96. The first kappa shape index (κ1) is 14.9. The monoisotopic (exact) mass is 316 g/mol. The molecule has 4 rings (SSSR count). The van der Waals surface area contributed by atoms with E-state index < -0.39 is 0 Å². The molecular weight excluding hydrogens is 296 g/mol. The fourth-order valence-corrected chi connectivity index (χ4v) is 3.11. The van der Waals surface area contributed by atoms with Crippen LogP contribution in [0.4, 0.5) is 5.82 Å². The number of hydrogen-bond donors (Lipinski definition) is 0. The second-order valence-electron chi connectivity index (χ2n) is 5.92. The van der Waals surface area contributed by atoms with Gasteiger partial charge in [0.05, 0.1) is 13.2 Å². The SMILES string of the molecule is c1ccc(-c2cnc(N3CCOCC3)cc2-c2ccccc2)cc1. The number of pyridine rings is 1. The van der Waals surface area contributed by atoms with E-state index in [4.69, 9.17) is 9.72 Å². The van der Waals surface area contributed by atoms with Crippen molar-refractivity contribution in [2.45, 2.75) is 0 Å². The van der Waals surface area contributed by atoms with Gasteiger partial charge in [0.15, 0.2) is 0 Å². The zero-order valence-electron chi connectivity index (χ0n) is 13.6. The lowest BCUT2D eigenvalue weighted by Crippen LogP contribution is -2.36. The Morgan fingerprint density at radius 1 is 0.750 bits per heavy atom. The van der Waals surface area contributed by atoms with Crippen molar-refractivity contribution in [3.63, 3.8) is 0 Å². The molecule has 24 heavy (non-hydrogen) atoms. The summed E-state index contributed by atoms with van der Waals surface area (Å²) in [7, 11) is 0. The minimum Gasteiger partial charge on any atom is -0.378 e. The quantitative estimate of drug-likeness (QED) is 0.722. The van der Waals surface area contributed by atoms with Gasteiger partial charge in [-0.2, -0.15) is 0 Å². The van der Waals surface area contributed by atoms with Gasteiger partial charge in [-0.15, -0.1) is 0 Å². The number of aromatic nitrogens is 1. The zero-order chi connectivity index (χ0) is 16.2. The molecule has 120 valence electrons. The highest BCUT2D eigenvalue weighted by atomic mass is 16.5. The Morgan fingerprint density at radius 3 is 1.96 bits per heavy atom. The van der Waals surface area contributed by atoms with Crippen LogP contribution in [0.2, 0.25) is 0 Å². The van der Waals surface area contributed by atoms with Crippen LogP contribution in [0.25, 0.3) is 22.3 Å². The van der Waals surface area contributed by atoms with Gasteiger partial charge in [0.25, 0.3) is 0 Å². The van der Waals surface area contributed by atoms with Crippen LogP contribution in [0.5, 0.6) is 0 Å². The molecule has 3 heteroatoms. The fraction of sp³-hybridized carbons (Fsp3) is 0.190. The lowest BCUT2D eigenvalue weighted by molar-refractivity contribution is 0.122. The smallest absolute Gasteiger partial charge is 0.129 e. The molecule has 0 spiro atoms. The second-order valence-corrected chi connectivity index (χ2v) is 5.92. The Balaban J connectivity index is 1.82. The van der Waals surface area contributed by atoms with Gasteiger partial charge >= 0.3 is 0 Å². The van der Waals surface area contributed by atoms with E-state index >= 15 is 0 Å². The highest BCUT2D eigenvalue weighted by Gasteiger charge is 2.15. The van der Waals surface area contributed by atoms with Gasteiger partial charge in [0, 0.05) is 24.8 Å². The van der Waals surface area contributed by atoms with E-state index in [1.165, 1.54) is 22.3 Å². The Bertz CT molecular complexity index is 797. The molecule has 1 fully saturated rings. The summed E-state index contributed by atoms with van der Waals surface area (Å²) in [6.07, 6.45) is 2.00. The van der Waals surface area contributed by atoms with Crippen molar-refractivity contribution in [1.82, 2.24) is 4.98 Å². The molecule has 1 aliphatic rings. The summed E-state index contributed by atoms with van der Waals surface area (Å²) < 4.78 is 5.46. The van der Waals surface area contributed by atoms with Crippen molar-refractivity contribution in [2.75, 3.05) is 31.2 Å². The van der Waals surface area contributed by atoms with Gasteiger partial charge in [-0.25, -0.2) is 4.98 Å². The molecule has 3 nitrogen and oxygen atoms in total. The summed E-state index contributed by atoms with van der Waals surface area (Å²) in [5, 5.41) is 0. The van der Waals surface area contributed by atoms with Crippen molar-refractivity contribution in [3.8, 4) is 22.3 Å². The summed E-state index contributed by atoms with van der Waals surface area (Å²) in [4.78, 5) is 7.03. The number of anilines is 1. The van der Waals surface area contributed by atoms with Crippen LogP contribution in [-0.4, -0.2) is 31.3 Å². The molecule has 0 bridgehead atoms. The van der Waals surface area contributed by atoms with Gasteiger partial charge in [-0.1, -0.05) is 60.7 Å². The van der Waals surface area contributed by atoms with Gasteiger partial charge < -0.3 is 9.64 Å². The number of nitrogens with zero attached hydrogens (tertiary/aromatic N) is 2. The standard InChI is InChI=1S/C21H20N2O/c1-3-7-17(8-4-1)19-15-21(23-11-13-24-14-12-23)22-16-20(19)18-9-5-2-6-10-18/h1-10,15-16H,11-14H2. The van der Waals surface area contributed by atoms with Crippen LogP contribution in [0.3, 0.4) is 0 Å². The van der Waals surface area contributed by atoms with Crippen LogP contribution < -0.4 is 4.90 Å². The number of ether oxygens (including phenoxy) is 1. The molecule has 2 heterocycles. The first-order valence-electron chi connectivity index (χ1n) is 8.35. The first-order valence-corrected chi connectivity index (χ1v) is 8.35. The van der Waals surface area contributed by atoms with Crippen molar-refractivity contribution in [2.24, 2.45) is 0 Å². The largest absolute Gasteiger partial charge is 0.378 e. The summed E-state index contributed by atoms with van der Waals surface area (Å²) in [6, 6.07) is 23.2. The van der Waals surface area contributed by atoms with Crippen LogP contribution >= 0.6 is 0 Å². The van der Waals surface area contributed by atoms with E-state index in [0.717, 1.165) is 32.1 Å². The van der Waals surface area contributed by atoms with E-state index in [1.54, 1.807) is 0 Å². The summed E-state index contributed by atoms with van der Waals surface area (Å²) in [6.45, 7) is 3.32. The number of morpholine rings is 1. The Morgan fingerprint density at radius 2 is 1.33 bits per heavy atom. The zero-order valence-corrected chi connectivity index (χ0v) is 13.6. The minimum absolute atomic E-state index is 0.767.